The van der Waals surface area contributed by atoms with Gasteiger partial charge in [-0.25, -0.2) is 0 Å². The third kappa shape index (κ3) is 3.46. The molecule has 0 saturated heterocycles. The van der Waals surface area contributed by atoms with E-state index in [1.54, 1.807) is 0 Å². The van der Waals surface area contributed by atoms with E-state index in [0.717, 1.165) is 30.2 Å². The Labute approximate surface area is 109 Å². The largest absolute Gasteiger partial charge is 0.325 e. The number of rotatable bonds is 3. The molecule has 1 saturated carbocycles. The van der Waals surface area contributed by atoms with E-state index in [0.29, 0.717) is 0 Å². The zero-order valence-electron chi connectivity index (χ0n) is 10.6. The summed E-state index contributed by atoms with van der Waals surface area (Å²) in [7, 11) is 0. The summed E-state index contributed by atoms with van der Waals surface area (Å²) in [5.41, 5.74) is 7.78. The predicted octanol–water partition coefficient (Wildman–Crippen LogP) is 4.18. The van der Waals surface area contributed by atoms with Gasteiger partial charge in [-0.2, -0.15) is 0 Å². The lowest BCUT2D eigenvalue weighted by Crippen LogP contribution is -2.45. The third-order valence-electron chi connectivity index (χ3n) is 4.12. The highest BCUT2D eigenvalue weighted by molar-refractivity contribution is 6.30. The van der Waals surface area contributed by atoms with E-state index in [1.807, 2.05) is 18.2 Å². The molecule has 0 aromatic heterocycles. The van der Waals surface area contributed by atoms with E-state index < -0.39 is 0 Å². The van der Waals surface area contributed by atoms with Crippen LogP contribution in [0.2, 0.25) is 5.02 Å². The fraction of sp³-hybridized carbons (Fsp3) is 0.600. The summed E-state index contributed by atoms with van der Waals surface area (Å²) in [5.74, 6) is 0.894. The average molecular weight is 252 g/mol. The molecule has 0 atom stereocenters. The molecule has 17 heavy (non-hydrogen) atoms. The molecule has 0 heterocycles. The van der Waals surface area contributed by atoms with Crippen molar-refractivity contribution in [3.8, 4) is 0 Å². The number of nitrogens with two attached hydrogens (primary N) is 1. The second kappa shape index (κ2) is 5.41. The van der Waals surface area contributed by atoms with Crippen molar-refractivity contribution in [1.82, 2.24) is 0 Å². The summed E-state index contributed by atoms with van der Waals surface area (Å²) in [6, 6.07) is 8.11. The molecule has 0 radical (unpaired) electrons. The summed E-state index contributed by atoms with van der Waals surface area (Å²) in [4.78, 5) is 0. The van der Waals surface area contributed by atoms with Crippen LogP contribution in [0.25, 0.3) is 0 Å². The van der Waals surface area contributed by atoms with Crippen molar-refractivity contribution < 1.29 is 0 Å². The van der Waals surface area contributed by atoms with Crippen LogP contribution in [0.4, 0.5) is 0 Å². The first-order valence-electron chi connectivity index (χ1n) is 6.65. The van der Waals surface area contributed by atoms with Gasteiger partial charge in [-0.3, -0.25) is 0 Å². The van der Waals surface area contributed by atoms with Crippen molar-refractivity contribution in [2.45, 2.75) is 51.0 Å². The first kappa shape index (κ1) is 12.9. The molecule has 1 fully saturated rings. The molecule has 1 nitrogen and oxygen atoms in total. The van der Waals surface area contributed by atoms with E-state index >= 15 is 0 Å². The highest BCUT2D eigenvalue weighted by Crippen LogP contribution is 2.34. The molecule has 1 aromatic rings. The summed E-state index contributed by atoms with van der Waals surface area (Å²) < 4.78 is 0. The number of hydrogen-bond acceptors (Lipinski definition) is 1. The molecule has 0 aliphatic heterocycles. The lowest BCUT2D eigenvalue weighted by molar-refractivity contribution is 0.228. The SMILES string of the molecule is CCC1CCC(N)(Cc2cccc(Cl)c2)CC1. The second-order valence-electron chi connectivity index (χ2n) is 5.52. The Bertz CT molecular complexity index is 367. The van der Waals surface area contributed by atoms with E-state index in [-0.39, 0.29) is 5.54 Å². The smallest absolute Gasteiger partial charge is 0.0408 e. The second-order valence-corrected chi connectivity index (χ2v) is 5.96. The summed E-state index contributed by atoms with van der Waals surface area (Å²) in [6.45, 7) is 2.28. The monoisotopic (exact) mass is 251 g/mol. The molecule has 0 bridgehead atoms. The van der Waals surface area contributed by atoms with Gasteiger partial charge in [0, 0.05) is 10.6 Å². The normalized spacial score (nSPS) is 29.2. The molecule has 1 aliphatic rings. The van der Waals surface area contributed by atoms with E-state index in [9.17, 15) is 0 Å². The van der Waals surface area contributed by atoms with Crippen molar-refractivity contribution in [1.29, 1.82) is 0 Å². The zero-order chi connectivity index (χ0) is 12.3. The Morgan fingerprint density at radius 2 is 2.06 bits per heavy atom. The predicted molar refractivity (Wildman–Crippen MR) is 74.3 cm³/mol. The third-order valence-corrected chi connectivity index (χ3v) is 4.36. The Hall–Kier alpha value is -0.530. The minimum atomic E-state index is -0.00362. The van der Waals surface area contributed by atoms with Gasteiger partial charge < -0.3 is 5.73 Å². The molecule has 0 unspecified atom stereocenters. The van der Waals surface area contributed by atoms with Crippen LogP contribution in [0.1, 0.15) is 44.6 Å². The highest BCUT2D eigenvalue weighted by atomic mass is 35.5. The Kier molecular flexibility index (Phi) is 4.11. The Morgan fingerprint density at radius 3 is 2.65 bits per heavy atom. The number of benzene rings is 1. The summed E-state index contributed by atoms with van der Waals surface area (Å²) in [6.07, 6.45) is 7.13. The van der Waals surface area contributed by atoms with Gasteiger partial charge in [0.1, 0.15) is 0 Å². The van der Waals surface area contributed by atoms with Crippen molar-refractivity contribution in [3.63, 3.8) is 0 Å². The van der Waals surface area contributed by atoms with E-state index in [2.05, 4.69) is 13.0 Å². The molecule has 1 aliphatic carbocycles. The lowest BCUT2D eigenvalue weighted by Gasteiger charge is -2.37. The van der Waals surface area contributed by atoms with Gasteiger partial charge in [-0.05, 0) is 55.7 Å². The van der Waals surface area contributed by atoms with Crippen LogP contribution in [-0.2, 0) is 6.42 Å². The fourth-order valence-electron chi connectivity index (χ4n) is 2.89. The van der Waals surface area contributed by atoms with Crippen molar-refractivity contribution in [2.75, 3.05) is 0 Å². The minimum Gasteiger partial charge on any atom is -0.325 e. The maximum absolute atomic E-state index is 6.52. The van der Waals surface area contributed by atoms with E-state index in [1.165, 1.54) is 24.8 Å². The number of hydrogen-bond donors (Lipinski definition) is 1. The van der Waals surface area contributed by atoms with Gasteiger partial charge in [-0.1, -0.05) is 37.1 Å². The average Bonchev–Trinajstić information content (AvgIpc) is 2.29. The highest BCUT2D eigenvalue weighted by Gasteiger charge is 2.31. The maximum atomic E-state index is 6.52. The van der Waals surface area contributed by atoms with Crippen LogP contribution >= 0.6 is 11.6 Å². The standard InChI is InChI=1S/C15H22ClN/c1-2-12-6-8-15(17,9-7-12)11-13-4-3-5-14(16)10-13/h3-5,10,12H,2,6-9,11,17H2,1H3. The molecule has 94 valence electrons. The lowest BCUT2D eigenvalue weighted by atomic mass is 9.73. The van der Waals surface area contributed by atoms with Crippen molar-refractivity contribution in [3.05, 3.63) is 34.9 Å². The minimum absolute atomic E-state index is 0.00362. The maximum Gasteiger partial charge on any atom is 0.0408 e. The van der Waals surface area contributed by atoms with Crippen LogP contribution in [0.3, 0.4) is 0 Å². The van der Waals surface area contributed by atoms with Crippen LogP contribution in [0.15, 0.2) is 24.3 Å². The molecule has 2 heteroatoms. The fourth-order valence-corrected chi connectivity index (χ4v) is 3.10. The Morgan fingerprint density at radius 1 is 1.35 bits per heavy atom. The quantitative estimate of drug-likeness (QED) is 0.857. The molecule has 2 rings (SSSR count). The molecule has 2 N–H and O–H groups in total. The number of halogens is 1. The van der Waals surface area contributed by atoms with Crippen molar-refractivity contribution in [2.24, 2.45) is 11.7 Å². The molecular weight excluding hydrogens is 230 g/mol. The van der Waals surface area contributed by atoms with Gasteiger partial charge in [-0.15, -0.1) is 0 Å². The van der Waals surface area contributed by atoms with Crippen LogP contribution in [0, 0.1) is 5.92 Å². The van der Waals surface area contributed by atoms with Gasteiger partial charge in [0.05, 0.1) is 0 Å². The Balaban J connectivity index is 1.99. The van der Waals surface area contributed by atoms with Gasteiger partial charge in [0.2, 0.25) is 0 Å². The van der Waals surface area contributed by atoms with Gasteiger partial charge >= 0.3 is 0 Å². The summed E-state index contributed by atoms with van der Waals surface area (Å²) in [5, 5.41) is 0.813. The molecule has 0 amide bonds. The van der Waals surface area contributed by atoms with Gasteiger partial charge in [0.25, 0.3) is 0 Å². The van der Waals surface area contributed by atoms with Crippen molar-refractivity contribution >= 4 is 11.6 Å². The van der Waals surface area contributed by atoms with Gasteiger partial charge in [0.15, 0.2) is 0 Å². The van der Waals surface area contributed by atoms with Crippen LogP contribution in [-0.4, -0.2) is 5.54 Å². The van der Waals surface area contributed by atoms with E-state index in [4.69, 9.17) is 17.3 Å². The first-order chi connectivity index (χ1) is 8.11. The summed E-state index contributed by atoms with van der Waals surface area (Å²) >= 11 is 6.01. The van der Waals surface area contributed by atoms with Crippen LogP contribution in [0.5, 0.6) is 0 Å². The topological polar surface area (TPSA) is 26.0 Å². The molecule has 0 spiro atoms. The molecular formula is C15H22ClN. The zero-order valence-corrected chi connectivity index (χ0v) is 11.3. The van der Waals surface area contributed by atoms with Crippen LogP contribution < -0.4 is 5.73 Å². The molecule has 1 aromatic carbocycles. The first-order valence-corrected chi connectivity index (χ1v) is 7.02.